The van der Waals surface area contributed by atoms with Crippen LogP contribution in [0.3, 0.4) is 0 Å². The van der Waals surface area contributed by atoms with Gasteiger partial charge in [0.15, 0.2) is 0 Å². The summed E-state index contributed by atoms with van der Waals surface area (Å²) in [6.45, 7) is 0. The molecule has 0 fully saturated rings. The molecule has 0 saturated carbocycles. The third-order valence-corrected chi connectivity index (χ3v) is 2.79. The number of methoxy groups -OCH3 is 1. The lowest BCUT2D eigenvalue weighted by Crippen LogP contribution is -2.02. The fourth-order valence-corrected chi connectivity index (χ4v) is 1.94. The third-order valence-electron chi connectivity index (χ3n) is 1.89. The molecule has 1 heterocycles. The molecule has 1 aromatic heterocycles. The fourth-order valence-electron chi connectivity index (χ4n) is 1.14. The number of hydrogen-bond acceptors (Lipinski definition) is 6. The smallest absolute Gasteiger partial charge is 0.321 e. The zero-order valence-corrected chi connectivity index (χ0v) is 10.0. The SMILES string of the molecule is COc1nc(N)nc(Sc2cc(F)ccc2F)n1. The Kier molecular flexibility index (Phi) is 3.56. The maximum Gasteiger partial charge on any atom is 0.321 e. The molecule has 0 aliphatic carbocycles. The molecular weight excluding hydrogens is 262 g/mol. The summed E-state index contributed by atoms with van der Waals surface area (Å²) in [5.74, 6) is -1.17. The average molecular weight is 270 g/mol. The van der Waals surface area contributed by atoms with Gasteiger partial charge in [-0.25, -0.2) is 8.78 Å². The van der Waals surface area contributed by atoms with E-state index in [2.05, 4.69) is 15.0 Å². The molecule has 0 bridgehead atoms. The van der Waals surface area contributed by atoms with E-state index in [4.69, 9.17) is 10.5 Å². The van der Waals surface area contributed by atoms with Crippen molar-refractivity contribution < 1.29 is 13.5 Å². The maximum atomic E-state index is 13.4. The Morgan fingerprint density at radius 1 is 1.22 bits per heavy atom. The summed E-state index contributed by atoms with van der Waals surface area (Å²) < 4.78 is 31.2. The summed E-state index contributed by atoms with van der Waals surface area (Å²) >= 11 is 0.835. The Hall–Kier alpha value is -1.96. The van der Waals surface area contributed by atoms with Crippen molar-refractivity contribution in [2.45, 2.75) is 10.1 Å². The van der Waals surface area contributed by atoms with E-state index >= 15 is 0 Å². The van der Waals surface area contributed by atoms with E-state index in [-0.39, 0.29) is 22.0 Å². The van der Waals surface area contributed by atoms with Crippen LogP contribution in [0.1, 0.15) is 0 Å². The van der Waals surface area contributed by atoms with E-state index in [0.717, 1.165) is 30.0 Å². The first-order valence-electron chi connectivity index (χ1n) is 4.77. The minimum Gasteiger partial charge on any atom is -0.467 e. The van der Waals surface area contributed by atoms with Gasteiger partial charge in [0.05, 0.1) is 12.0 Å². The predicted molar refractivity (Wildman–Crippen MR) is 61.3 cm³/mol. The number of halogens is 2. The minimum atomic E-state index is -0.570. The highest BCUT2D eigenvalue weighted by Crippen LogP contribution is 2.28. The van der Waals surface area contributed by atoms with Crippen molar-refractivity contribution in [3.63, 3.8) is 0 Å². The number of anilines is 1. The lowest BCUT2D eigenvalue weighted by molar-refractivity contribution is 0.374. The molecule has 94 valence electrons. The van der Waals surface area contributed by atoms with Gasteiger partial charge in [0, 0.05) is 0 Å². The largest absolute Gasteiger partial charge is 0.467 e. The van der Waals surface area contributed by atoms with Crippen LogP contribution in [0.25, 0.3) is 0 Å². The van der Waals surface area contributed by atoms with Crippen molar-refractivity contribution in [2.24, 2.45) is 0 Å². The molecule has 18 heavy (non-hydrogen) atoms. The molecular formula is C10H8F2N4OS. The Morgan fingerprint density at radius 2 is 2.00 bits per heavy atom. The van der Waals surface area contributed by atoms with Crippen LogP contribution in [-0.4, -0.2) is 22.1 Å². The van der Waals surface area contributed by atoms with Gasteiger partial charge in [-0.15, -0.1) is 0 Å². The molecule has 0 amide bonds. The van der Waals surface area contributed by atoms with E-state index in [9.17, 15) is 8.78 Å². The van der Waals surface area contributed by atoms with Crippen molar-refractivity contribution in [1.82, 2.24) is 15.0 Å². The van der Waals surface area contributed by atoms with Gasteiger partial charge in [0.25, 0.3) is 0 Å². The van der Waals surface area contributed by atoms with E-state index in [1.165, 1.54) is 7.11 Å². The van der Waals surface area contributed by atoms with Crippen LogP contribution in [0.2, 0.25) is 0 Å². The fraction of sp³-hybridized carbons (Fsp3) is 0.100. The molecule has 2 aromatic rings. The molecule has 0 aliphatic heterocycles. The van der Waals surface area contributed by atoms with Gasteiger partial charge in [0.2, 0.25) is 11.1 Å². The average Bonchev–Trinajstić information content (AvgIpc) is 2.33. The molecule has 0 atom stereocenters. The quantitative estimate of drug-likeness (QED) is 0.918. The van der Waals surface area contributed by atoms with E-state index in [1.54, 1.807) is 0 Å². The van der Waals surface area contributed by atoms with Gasteiger partial charge in [-0.3, -0.25) is 0 Å². The first-order chi connectivity index (χ1) is 8.58. The van der Waals surface area contributed by atoms with Gasteiger partial charge in [-0.05, 0) is 30.0 Å². The van der Waals surface area contributed by atoms with Gasteiger partial charge >= 0.3 is 6.01 Å². The highest BCUT2D eigenvalue weighted by atomic mass is 32.2. The predicted octanol–water partition coefficient (Wildman–Crippen LogP) is 1.89. The van der Waals surface area contributed by atoms with Crippen LogP contribution in [0.4, 0.5) is 14.7 Å². The Morgan fingerprint density at radius 3 is 2.72 bits per heavy atom. The summed E-state index contributed by atoms with van der Waals surface area (Å²) in [4.78, 5) is 11.4. The number of aromatic nitrogens is 3. The summed E-state index contributed by atoms with van der Waals surface area (Å²) in [7, 11) is 1.37. The van der Waals surface area contributed by atoms with Crippen LogP contribution in [0, 0.1) is 11.6 Å². The van der Waals surface area contributed by atoms with E-state index in [0.29, 0.717) is 0 Å². The zero-order chi connectivity index (χ0) is 13.1. The van der Waals surface area contributed by atoms with Crippen molar-refractivity contribution in [3.05, 3.63) is 29.8 Å². The number of ether oxygens (including phenoxy) is 1. The number of nitrogens with zero attached hydrogens (tertiary/aromatic N) is 3. The second-order valence-corrected chi connectivity index (χ2v) is 4.15. The number of benzene rings is 1. The van der Waals surface area contributed by atoms with Crippen molar-refractivity contribution in [3.8, 4) is 6.01 Å². The number of hydrogen-bond donors (Lipinski definition) is 1. The molecule has 2 rings (SSSR count). The Balaban J connectivity index is 2.33. The Labute approximate surface area is 105 Å². The molecule has 1 aromatic carbocycles. The second-order valence-electron chi connectivity index (χ2n) is 3.14. The molecule has 0 radical (unpaired) electrons. The highest BCUT2D eigenvalue weighted by molar-refractivity contribution is 7.99. The summed E-state index contributed by atoms with van der Waals surface area (Å²) in [6, 6.07) is 3.12. The first-order valence-corrected chi connectivity index (χ1v) is 5.58. The van der Waals surface area contributed by atoms with Crippen LogP contribution in [0.5, 0.6) is 6.01 Å². The first kappa shape index (κ1) is 12.5. The monoisotopic (exact) mass is 270 g/mol. The van der Waals surface area contributed by atoms with Gasteiger partial charge in [-0.2, -0.15) is 15.0 Å². The second kappa shape index (κ2) is 5.13. The van der Waals surface area contributed by atoms with Crippen molar-refractivity contribution >= 4 is 17.7 Å². The van der Waals surface area contributed by atoms with Gasteiger partial charge < -0.3 is 10.5 Å². The van der Waals surface area contributed by atoms with Crippen LogP contribution >= 0.6 is 11.8 Å². The topological polar surface area (TPSA) is 73.9 Å². The van der Waals surface area contributed by atoms with E-state index in [1.807, 2.05) is 0 Å². The van der Waals surface area contributed by atoms with Crippen molar-refractivity contribution in [2.75, 3.05) is 12.8 Å². The molecule has 8 heteroatoms. The number of nitrogen functional groups attached to an aromatic ring is 1. The van der Waals surface area contributed by atoms with Gasteiger partial charge in [0.1, 0.15) is 11.6 Å². The van der Waals surface area contributed by atoms with Crippen LogP contribution < -0.4 is 10.5 Å². The Bertz CT molecular complexity index is 582. The van der Waals surface area contributed by atoms with Crippen molar-refractivity contribution in [1.29, 1.82) is 0 Å². The standard InChI is InChI=1S/C10H8F2N4OS/c1-17-9-14-8(13)15-10(16-9)18-7-4-5(11)2-3-6(7)12/h2-4H,1H3,(H2,13,14,15,16). The normalized spacial score (nSPS) is 10.4. The summed E-state index contributed by atoms with van der Waals surface area (Å²) in [6.07, 6.45) is 0. The highest BCUT2D eigenvalue weighted by Gasteiger charge is 2.10. The lowest BCUT2D eigenvalue weighted by Gasteiger charge is -2.04. The van der Waals surface area contributed by atoms with E-state index < -0.39 is 11.6 Å². The summed E-state index contributed by atoms with van der Waals surface area (Å²) in [5.41, 5.74) is 5.43. The molecule has 0 aliphatic rings. The maximum absolute atomic E-state index is 13.4. The minimum absolute atomic E-state index is 0.0156. The molecule has 5 nitrogen and oxygen atoms in total. The zero-order valence-electron chi connectivity index (χ0n) is 9.22. The van der Waals surface area contributed by atoms with Crippen LogP contribution in [0.15, 0.2) is 28.3 Å². The van der Waals surface area contributed by atoms with Crippen LogP contribution in [-0.2, 0) is 0 Å². The van der Waals surface area contributed by atoms with Gasteiger partial charge in [-0.1, -0.05) is 0 Å². The molecule has 0 spiro atoms. The molecule has 2 N–H and O–H groups in total. The molecule has 0 saturated heterocycles. The summed E-state index contributed by atoms with van der Waals surface area (Å²) in [5, 5.41) is 0.129. The lowest BCUT2D eigenvalue weighted by atomic mass is 10.3. The number of nitrogens with two attached hydrogens (primary N) is 1. The number of rotatable bonds is 3. The molecule has 0 unspecified atom stereocenters. The third kappa shape index (κ3) is 2.83.